The number of aryl methyl sites for hydroxylation is 2. The van der Waals surface area contributed by atoms with Gasteiger partial charge in [-0.05, 0) is 80.9 Å². The fraction of sp³-hybridized carbons (Fsp3) is 0.241. The van der Waals surface area contributed by atoms with Gasteiger partial charge < -0.3 is 25.1 Å². The Morgan fingerprint density at radius 3 is 2.64 bits per heavy atom. The molecule has 7 heteroatoms. The van der Waals surface area contributed by atoms with E-state index in [2.05, 4.69) is 62.0 Å². The first-order valence-corrected chi connectivity index (χ1v) is 12.2. The Morgan fingerprint density at radius 2 is 1.81 bits per heavy atom. The summed E-state index contributed by atoms with van der Waals surface area (Å²) in [4.78, 5) is 12.2. The molecule has 0 saturated carbocycles. The lowest BCUT2D eigenvalue weighted by Gasteiger charge is -2.15. The molecule has 0 aliphatic carbocycles. The van der Waals surface area contributed by atoms with Gasteiger partial charge in [0.1, 0.15) is 0 Å². The van der Waals surface area contributed by atoms with Crippen molar-refractivity contribution >= 4 is 33.2 Å². The third-order valence-electron chi connectivity index (χ3n) is 6.09. The van der Waals surface area contributed by atoms with Gasteiger partial charge in [0.15, 0.2) is 11.5 Å². The van der Waals surface area contributed by atoms with Gasteiger partial charge in [0.05, 0.1) is 19.2 Å². The molecule has 0 fully saturated rings. The first-order valence-electron chi connectivity index (χ1n) is 12.2. The molecule has 184 valence electrons. The molecule has 0 aliphatic rings. The van der Waals surface area contributed by atoms with Crippen molar-refractivity contribution in [3.63, 3.8) is 0 Å². The van der Waals surface area contributed by atoms with Crippen molar-refractivity contribution in [3.8, 4) is 11.5 Å². The summed E-state index contributed by atoms with van der Waals surface area (Å²) in [6, 6.07) is 18.5. The molecule has 0 unspecified atom stereocenters. The third-order valence-corrected chi connectivity index (χ3v) is 6.09. The van der Waals surface area contributed by atoms with Crippen molar-refractivity contribution in [2.24, 2.45) is 0 Å². The average molecular weight is 482 g/mol. The molecule has 0 amide bonds. The Kier molecular flexibility index (Phi) is 7.00. The van der Waals surface area contributed by atoms with Crippen LogP contribution in [0.3, 0.4) is 0 Å². The van der Waals surface area contributed by atoms with Crippen LogP contribution in [0.5, 0.6) is 11.5 Å². The molecule has 0 atom stereocenters. The molecule has 0 saturated heterocycles. The third kappa shape index (κ3) is 5.42. The quantitative estimate of drug-likeness (QED) is 0.211. The second-order valence-corrected chi connectivity index (χ2v) is 8.92. The topological polar surface area (TPSA) is 84.1 Å². The van der Waals surface area contributed by atoms with E-state index in [1.165, 1.54) is 5.56 Å². The molecular weight excluding hydrogens is 450 g/mol. The lowest BCUT2D eigenvalue weighted by molar-refractivity contribution is 0.288. The number of fused-ring (bicyclic) bond motifs is 2. The summed E-state index contributed by atoms with van der Waals surface area (Å²) in [5.41, 5.74) is 7.28. The number of ether oxygens (including phenoxy) is 2. The number of rotatable bonds is 10. The molecule has 0 bridgehead atoms. The Morgan fingerprint density at radius 1 is 0.944 bits per heavy atom. The lowest BCUT2D eigenvalue weighted by atomic mass is 10.1. The molecule has 3 aromatic heterocycles. The molecule has 0 aliphatic heterocycles. The summed E-state index contributed by atoms with van der Waals surface area (Å²) in [5, 5.41) is 9.13. The van der Waals surface area contributed by atoms with E-state index < -0.39 is 0 Å². The molecule has 5 rings (SSSR count). The maximum atomic E-state index is 6.09. The van der Waals surface area contributed by atoms with Crippen LogP contribution in [0.1, 0.15) is 23.4 Å². The van der Waals surface area contributed by atoms with Crippen molar-refractivity contribution in [2.75, 3.05) is 25.6 Å². The predicted molar refractivity (Wildman–Crippen MR) is 145 cm³/mol. The summed E-state index contributed by atoms with van der Waals surface area (Å²) in [7, 11) is 1.66. The molecular formula is C29H31N5O2. The zero-order chi connectivity index (χ0) is 24.9. The zero-order valence-electron chi connectivity index (χ0n) is 20.9. The predicted octanol–water partition coefficient (Wildman–Crippen LogP) is 6.04. The smallest absolute Gasteiger partial charge is 0.163 e. The van der Waals surface area contributed by atoms with Gasteiger partial charge in [-0.25, -0.2) is 0 Å². The number of H-pyrrole nitrogens is 1. The number of aromatic nitrogens is 3. The molecule has 3 N–H and O–H groups in total. The van der Waals surface area contributed by atoms with E-state index in [1.54, 1.807) is 7.11 Å². The van der Waals surface area contributed by atoms with E-state index in [0.29, 0.717) is 18.1 Å². The first-order chi connectivity index (χ1) is 17.6. The maximum Gasteiger partial charge on any atom is 0.163 e. The highest BCUT2D eigenvalue weighted by atomic mass is 16.5. The fourth-order valence-corrected chi connectivity index (χ4v) is 4.46. The molecule has 2 aromatic carbocycles. The summed E-state index contributed by atoms with van der Waals surface area (Å²) in [5.74, 6) is 1.39. The van der Waals surface area contributed by atoms with Crippen LogP contribution in [0.4, 0.5) is 11.4 Å². The van der Waals surface area contributed by atoms with Crippen molar-refractivity contribution in [1.29, 1.82) is 0 Å². The minimum atomic E-state index is 0.581. The Balaban J connectivity index is 1.22. The van der Waals surface area contributed by atoms with Crippen molar-refractivity contribution in [1.82, 2.24) is 20.3 Å². The van der Waals surface area contributed by atoms with Gasteiger partial charge in [0.25, 0.3) is 0 Å². The number of methoxy groups -OCH3 is 1. The first kappa shape index (κ1) is 23.6. The van der Waals surface area contributed by atoms with E-state index in [0.717, 1.165) is 64.1 Å². The minimum Gasteiger partial charge on any atom is -0.493 e. The molecule has 36 heavy (non-hydrogen) atoms. The summed E-state index contributed by atoms with van der Waals surface area (Å²) in [6.07, 6.45) is 4.63. The number of nitrogens with zero attached hydrogens (tertiary/aromatic N) is 2. The van der Waals surface area contributed by atoms with Crippen LogP contribution >= 0.6 is 0 Å². The number of hydrogen-bond acceptors (Lipinski definition) is 6. The van der Waals surface area contributed by atoms with Gasteiger partial charge in [0, 0.05) is 64.1 Å². The Labute approximate surface area is 210 Å². The van der Waals surface area contributed by atoms with Gasteiger partial charge in [-0.2, -0.15) is 0 Å². The second-order valence-electron chi connectivity index (χ2n) is 8.92. The number of aromatic amines is 1. The number of hydrogen-bond donors (Lipinski definition) is 3. The highest BCUT2D eigenvalue weighted by Gasteiger charge is 2.11. The minimum absolute atomic E-state index is 0.581. The summed E-state index contributed by atoms with van der Waals surface area (Å²) < 4.78 is 11.7. The monoisotopic (exact) mass is 481 g/mol. The van der Waals surface area contributed by atoms with Crippen molar-refractivity contribution < 1.29 is 9.47 Å². The standard InChI is InChI=1S/C29H31N5O2/c1-19-13-21(14-20(2)33-19)18-30-9-4-12-36-29-17-27-24(16-28(29)35-3)26(8-11-32-27)34-23-5-6-25-22(15-23)7-10-31-25/h5-8,10-11,13-17,30-31H,4,9,12,18H2,1-3H3,(H,32,34). The van der Waals surface area contributed by atoms with Crippen molar-refractivity contribution in [3.05, 3.63) is 83.9 Å². The van der Waals surface area contributed by atoms with Crippen LogP contribution in [0.2, 0.25) is 0 Å². The van der Waals surface area contributed by atoms with Gasteiger partial charge in [-0.15, -0.1) is 0 Å². The molecule has 5 aromatic rings. The Bertz CT molecular complexity index is 1470. The van der Waals surface area contributed by atoms with E-state index in [1.807, 2.05) is 44.4 Å². The van der Waals surface area contributed by atoms with E-state index in [9.17, 15) is 0 Å². The molecule has 0 spiro atoms. The molecule has 7 nitrogen and oxygen atoms in total. The maximum absolute atomic E-state index is 6.09. The van der Waals surface area contributed by atoms with Gasteiger partial charge in [0.2, 0.25) is 0 Å². The molecule has 0 radical (unpaired) electrons. The second kappa shape index (κ2) is 10.7. The van der Waals surface area contributed by atoms with Gasteiger partial charge >= 0.3 is 0 Å². The number of pyridine rings is 2. The van der Waals surface area contributed by atoms with Gasteiger partial charge in [-0.3, -0.25) is 9.97 Å². The highest BCUT2D eigenvalue weighted by Crippen LogP contribution is 2.36. The van der Waals surface area contributed by atoms with Crippen molar-refractivity contribution in [2.45, 2.75) is 26.8 Å². The van der Waals surface area contributed by atoms with Crippen LogP contribution in [-0.4, -0.2) is 35.2 Å². The molecule has 3 heterocycles. The summed E-state index contributed by atoms with van der Waals surface area (Å²) >= 11 is 0. The normalized spacial score (nSPS) is 11.2. The summed E-state index contributed by atoms with van der Waals surface area (Å²) in [6.45, 7) is 6.31. The van der Waals surface area contributed by atoms with E-state index in [4.69, 9.17) is 9.47 Å². The lowest BCUT2D eigenvalue weighted by Crippen LogP contribution is -2.17. The van der Waals surface area contributed by atoms with Crippen LogP contribution in [0.25, 0.3) is 21.8 Å². The number of benzene rings is 2. The highest BCUT2D eigenvalue weighted by molar-refractivity contribution is 5.95. The number of anilines is 2. The van der Waals surface area contributed by atoms with Crippen LogP contribution in [0, 0.1) is 13.8 Å². The zero-order valence-corrected chi connectivity index (χ0v) is 20.9. The SMILES string of the molecule is COc1cc2c(Nc3ccc4[nH]ccc4c3)ccnc2cc1OCCCNCc1cc(C)nc(C)c1. The Hall–Kier alpha value is -4.10. The van der Waals surface area contributed by atoms with E-state index in [-0.39, 0.29) is 0 Å². The number of nitrogens with one attached hydrogen (secondary N) is 3. The van der Waals surface area contributed by atoms with Crippen LogP contribution < -0.4 is 20.1 Å². The van der Waals surface area contributed by atoms with Crippen LogP contribution in [0.15, 0.2) is 67.0 Å². The average Bonchev–Trinajstić information content (AvgIpc) is 3.33. The largest absolute Gasteiger partial charge is 0.493 e. The van der Waals surface area contributed by atoms with Crippen LogP contribution in [-0.2, 0) is 6.54 Å². The fourth-order valence-electron chi connectivity index (χ4n) is 4.46. The van der Waals surface area contributed by atoms with E-state index >= 15 is 0 Å². The van der Waals surface area contributed by atoms with Gasteiger partial charge in [-0.1, -0.05) is 0 Å².